The van der Waals surface area contributed by atoms with Crippen molar-refractivity contribution in [1.82, 2.24) is 10.6 Å². The van der Waals surface area contributed by atoms with Crippen molar-refractivity contribution in [3.05, 3.63) is 35.9 Å². The van der Waals surface area contributed by atoms with Crippen LogP contribution >= 0.6 is 0 Å². The molecule has 0 saturated carbocycles. The van der Waals surface area contributed by atoms with Crippen LogP contribution in [0.1, 0.15) is 32.8 Å². The van der Waals surface area contributed by atoms with Crippen molar-refractivity contribution in [2.24, 2.45) is 5.92 Å². The number of esters is 1. The lowest BCUT2D eigenvalue weighted by Gasteiger charge is -2.23. The number of carbonyl (C=O) groups excluding carboxylic acids is 3. The predicted molar refractivity (Wildman–Crippen MR) is 92.6 cm³/mol. The quantitative estimate of drug-likeness (QED) is 0.700. The Labute approximate surface area is 148 Å². The van der Waals surface area contributed by atoms with E-state index in [1.165, 1.54) is 7.11 Å². The molecule has 0 fully saturated rings. The molecule has 2 amide bonds. The number of benzene rings is 1. The van der Waals surface area contributed by atoms with Crippen LogP contribution in [0.2, 0.25) is 0 Å². The molecule has 1 aromatic carbocycles. The molecule has 0 radical (unpaired) electrons. The highest BCUT2D eigenvalue weighted by atomic mass is 16.5. The van der Waals surface area contributed by atoms with Crippen LogP contribution in [-0.2, 0) is 25.7 Å². The lowest BCUT2D eigenvalue weighted by Crippen LogP contribution is -2.53. The van der Waals surface area contributed by atoms with Gasteiger partial charge in [0.15, 0.2) is 0 Å². The van der Waals surface area contributed by atoms with Gasteiger partial charge in [-0.05, 0) is 17.9 Å². The number of alkyl carbamates (subject to hydrolysis) is 1. The molecule has 7 nitrogen and oxygen atoms in total. The zero-order chi connectivity index (χ0) is 18.8. The fourth-order valence-corrected chi connectivity index (χ4v) is 2.16. The Morgan fingerprint density at radius 1 is 1.08 bits per heavy atom. The highest BCUT2D eigenvalue weighted by Gasteiger charge is 2.28. The zero-order valence-corrected chi connectivity index (χ0v) is 15.1. The Morgan fingerprint density at radius 2 is 1.72 bits per heavy atom. The molecule has 0 aromatic heterocycles. The molecule has 0 aliphatic carbocycles. The maximum Gasteiger partial charge on any atom is 0.408 e. The van der Waals surface area contributed by atoms with E-state index in [-0.39, 0.29) is 12.5 Å². The molecule has 0 aliphatic heterocycles. The second-order valence-corrected chi connectivity index (χ2v) is 5.92. The first kappa shape index (κ1) is 20.5. The van der Waals surface area contributed by atoms with Gasteiger partial charge in [0.2, 0.25) is 5.91 Å². The first-order valence-corrected chi connectivity index (χ1v) is 8.24. The third kappa shape index (κ3) is 6.82. The van der Waals surface area contributed by atoms with Crippen LogP contribution in [0.5, 0.6) is 0 Å². The van der Waals surface area contributed by atoms with Gasteiger partial charge in [-0.15, -0.1) is 0 Å². The van der Waals surface area contributed by atoms with Crippen molar-refractivity contribution in [3.8, 4) is 0 Å². The molecule has 0 heterocycles. The smallest absolute Gasteiger partial charge is 0.408 e. The van der Waals surface area contributed by atoms with Gasteiger partial charge in [-0.1, -0.05) is 51.1 Å². The molecule has 2 N–H and O–H groups in total. The molecule has 0 saturated heterocycles. The van der Waals surface area contributed by atoms with Crippen molar-refractivity contribution >= 4 is 18.0 Å². The summed E-state index contributed by atoms with van der Waals surface area (Å²) in [6, 6.07) is 7.67. The number of rotatable bonds is 8. The van der Waals surface area contributed by atoms with Crippen LogP contribution in [0, 0.1) is 5.92 Å². The van der Waals surface area contributed by atoms with Gasteiger partial charge >= 0.3 is 12.1 Å². The van der Waals surface area contributed by atoms with Gasteiger partial charge in [0.1, 0.15) is 18.7 Å². The van der Waals surface area contributed by atoms with E-state index in [1.54, 1.807) is 20.8 Å². The molecule has 138 valence electrons. The van der Waals surface area contributed by atoms with Crippen LogP contribution in [0.15, 0.2) is 30.3 Å². The summed E-state index contributed by atoms with van der Waals surface area (Å²) in [5, 5.41) is 5.14. The van der Waals surface area contributed by atoms with Gasteiger partial charge in [0.05, 0.1) is 7.11 Å². The standard InChI is InChI=1S/C18H26N2O5/c1-5-14(17(22)24-4)19-16(21)15(12(2)3)20-18(23)25-11-13-9-7-6-8-10-13/h6-10,12,14-15H,5,11H2,1-4H3,(H,19,21)(H,20,23)/t14-,15-/m0/s1. The molecule has 7 heteroatoms. The molecular formula is C18H26N2O5. The van der Waals surface area contributed by atoms with Crippen molar-refractivity contribution in [2.45, 2.75) is 45.9 Å². The van der Waals surface area contributed by atoms with Crippen LogP contribution in [0.3, 0.4) is 0 Å². The maximum atomic E-state index is 12.4. The van der Waals surface area contributed by atoms with Crippen LogP contribution in [0.25, 0.3) is 0 Å². The molecule has 2 atom stereocenters. The van der Waals surface area contributed by atoms with E-state index in [0.29, 0.717) is 6.42 Å². The Morgan fingerprint density at radius 3 is 2.24 bits per heavy atom. The maximum absolute atomic E-state index is 12.4. The Hall–Kier alpha value is -2.57. The van der Waals surface area contributed by atoms with Gasteiger partial charge in [-0.2, -0.15) is 0 Å². The second-order valence-electron chi connectivity index (χ2n) is 5.92. The van der Waals surface area contributed by atoms with Gasteiger partial charge < -0.3 is 20.1 Å². The van der Waals surface area contributed by atoms with Crippen molar-refractivity contribution in [2.75, 3.05) is 7.11 Å². The Kier molecular flexibility index (Phi) is 8.46. The fraction of sp³-hybridized carbons (Fsp3) is 0.500. The summed E-state index contributed by atoms with van der Waals surface area (Å²) >= 11 is 0. The van der Waals surface area contributed by atoms with E-state index in [0.717, 1.165) is 5.56 Å². The topological polar surface area (TPSA) is 93.7 Å². The zero-order valence-electron chi connectivity index (χ0n) is 15.1. The number of hydrogen-bond acceptors (Lipinski definition) is 5. The van der Waals surface area contributed by atoms with E-state index in [2.05, 4.69) is 15.4 Å². The first-order valence-electron chi connectivity index (χ1n) is 8.24. The summed E-state index contributed by atoms with van der Waals surface area (Å²) < 4.78 is 9.78. The average molecular weight is 350 g/mol. The third-order valence-corrected chi connectivity index (χ3v) is 3.65. The molecule has 1 aromatic rings. The third-order valence-electron chi connectivity index (χ3n) is 3.65. The molecule has 25 heavy (non-hydrogen) atoms. The van der Waals surface area contributed by atoms with Crippen molar-refractivity contribution in [3.63, 3.8) is 0 Å². The normalized spacial score (nSPS) is 12.8. The number of nitrogens with one attached hydrogen (secondary N) is 2. The lowest BCUT2D eigenvalue weighted by atomic mass is 10.0. The first-order chi connectivity index (χ1) is 11.9. The SMILES string of the molecule is CC[C@H](NC(=O)[C@@H](NC(=O)OCc1ccccc1)C(C)C)C(=O)OC. The summed E-state index contributed by atoms with van der Waals surface area (Å²) in [7, 11) is 1.26. The lowest BCUT2D eigenvalue weighted by molar-refractivity contribution is -0.145. The minimum atomic E-state index is -0.818. The number of hydrogen-bond donors (Lipinski definition) is 2. The van der Waals surface area contributed by atoms with Crippen LogP contribution in [0.4, 0.5) is 4.79 Å². The molecule has 0 spiro atoms. The second kappa shape index (κ2) is 10.3. The number of methoxy groups -OCH3 is 1. The van der Waals surface area contributed by atoms with Crippen LogP contribution in [-0.4, -0.2) is 37.2 Å². The van der Waals surface area contributed by atoms with Gasteiger partial charge in [0.25, 0.3) is 0 Å². The molecule has 0 unspecified atom stereocenters. The number of carbonyl (C=O) groups is 3. The average Bonchev–Trinajstić information content (AvgIpc) is 2.62. The minimum Gasteiger partial charge on any atom is -0.467 e. The number of amides is 2. The fourth-order valence-electron chi connectivity index (χ4n) is 2.16. The van der Waals surface area contributed by atoms with E-state index in [4.69, 9.17) is 4.74 Å². The summed E-state index contributed by atoms with van der Waals surface area (Å²) in [6.45, 7) is 5.45. The van der Waals surface area contributed by atoms with Gasteiger partial charge in [-0.25, -0.2) is 9.59 Å². The molecule has 0 bridgehead atoms. The molecular weight excluding hydrogens is 324 g/mol. The monoisotopic (exact) mass is 350 g/mol. The summed E-state index contributed by atoms with van der Waals surface area (Å²) in [5.41, 5.74) is 0.847. The van der Waals surface area contributed by atoms with Gasteiger partial charge in [0, 0.05) is 0 Å². The summed E-state index contributed by atoms with van der Waals surface area (Å²) in [6.07, 6.45) is -0.300. The van der Waals surface area contributed by atoms with E-state index < -0.39 is 30.1 Å². The van der Waals surface area contributed by atoms with Crippen molar-refractivity contribution in [1.29, 1.82) is 0 Å². The Balaban J connectivity index is 2.61. The highest BCUT2D eigenvalue weighted by molar-refractivity contribution is 5.89. The minimum absolute atomic E-state index is 0.110. The Bertz CT molecular complexity index is 574. The summed E-state index contributed by atoms with van der Waals surface area (Å²) in [4.78, 5) is 36.0. The van der Waals surface area contributed by atoms with E-state index >= 15 is 0 Å². The molecule has 1 rings (SSSR count). The van der Waals surface area contributed by atoms with Crippen LogP contribution < -0.4 is 10.6 Å². The number of ether oxygens (including phenoxy) is 2. The van der Waals surface area contributed by atoms with E-state index in [1.807, 2.05) is 30.3 Å². The largest absolute Gasteiger partial charge is 0.467 e. The highest BCUT2D eigenvalue weighted by Crippen LogP contribution is 2.06. The molecule has 0 aliphatic rings. The van der Waals surface area contributed by atoms with Crippen molar-refractivity contribution < 1.29 is 23.9 Å². The van der Waals surface area contributed by atoms with E-state index in [9.17, 15) is 14.4 Å². The van der Waals surface area contributed by atoms with Gasteiger partial charge in [-0.3, -0.25) is 4.79 Å². The predicted octanol–water partition coefficient (Wildman–Crippen LogP) is 2.01. The summed E-state index contributed by atoms with van der Waals surface area (Å²) in [5.74, 6) is -1.16.